The maximum absolute atomic E-state index is 14.4. The van der Waals surface area contributed by atoms with E-state index >= 15 is 0 Å². The molecule has 1 N–H and O–H groups in total. The first-order valence-corrected chi connectivity index (χ1v) is 6.86. The quantitative estimate of drug-likeness (QED) is 0.785. The Kier molecular flexibility index (Phi) is 6.81. The maximum atomic E-state index is 14.4. The van der Waals surface area contributed by atoms with Crippen molar-refractivity contribution in [3.8, 4) is 5.75 Å². The van der Waals surface area contributed by atoms with Gasteiger partial charge in [-0.25, -0.2) is 4.39 Å². The summed E-state index contributed by atoms with van der Waals surface area (Å²) in [7, 11) is 1.48. The lowest BCUT2D eigenvalue weighted by Gasteiger charge is -2.28. The van der Waals surface area contributed by atoms with Gasteiger partial charge in [0.05, 0.1) is 19.3 Å². The monoisotopic (exact) mass is 269 g/mol. The molecule has 0 amide bonds. The summed E-state index contributed by atoms with van der Waals surface area (Å²) in [6.45, 7) is 7.37. The molecule has 0 saturated carbocycles. The highest BCUT2D eigenvalue weighted by molar-refractivity contribution is 5.33. The number of methoxy groups -OCH3 is 1. The van der Waals surface area contributed by atoms with E-state index in [4.69, 9.17) is 9.47 Å². The van der Waals surface area contributed by atoms with Crippen molar-refractivity contribution in [1.82, 2.24) is 5.32 Å². The Balaban J connectivity index is 3.10. The average Bonchev–Trinajstić information content (AvgIpc) is 2.43. The van der Waals surface area contributed by atoms with Gasteiger partial charge in [-0.2, -0.15) is 0 Å². The highest BCUT2D eigenvalue weighted by atomic mass is 19.1. The summed E-state index contributed by atoms with van der Waals surface area (Å²) in [5, 5.41) is 3.31. The van der Waals surface area contributed by atoms with Gasteiger partial charge in [0.15, 0.2) is 11.6 Å². The smallest absolute Gasteiger partial charge is 0.169 e. The molecule has 19 heavy (non-hydrogen) atoms. The highest BCUT2D eigenvalue weighted by Crippen LogP contribution is 2.29. The largest absolute Gasteiger partial charge is 0.494 e. The molecular formula is C15H24FNO2. The lowest BCUT2D eigenvalue weighted by atomic mass is 9.98. The second kappa shape index (κ2) is 8.12. The summed E-state index contributed by atoms with van der Waals surface area (Å²) in [4.78, 5) is 0. The number of ether oxygens (including phenoxy) is 2. The Morgan fingerprint density at radius 1 is 1.26 bits per heavy atom. The molecule has 0 fully saturated rings. The summed E-state index contributed by atoms with van der Waals surface area (Å²) in [6.07, 6.45) is 0.772. The van der Waals surface area contributed by atoms with Gasteiger partial charge in [-0.1, -0.05) is 26.0 Å². The van der Waals surface area contributed by atoms with Gasteiger partial charge in [0, 0.05) is 12.2 Å². The Bertz CT molecular complexity index is 384. The molecule has 1 aromatic carbocycles. The predicted octanol–water partition coefficient (Wildman–Crippen LogP) is 3.30. The number of rotatable bonds is 8. The van der Waals surface area contributed by atoms with Crippen LogP contribution in [0.25, 0.3) is 0 Å². The summed E-state index contributed by atoms with van der Waals surface area (Å²) < 4.78 is 25.1. The van der Waals surface area contributed by atoms with Gasteiger partial charge in [0.1, 0.15) is 0 Å². The van der Waals surface area contributed by atoms with E-state index in [-0.39, 0.29) is 23.7 Å². The minimum absolute atomic E-state index is 0.0495. The molecule has 0 aliphatic carbocycles. The van der Waals surface area contributed by atoms with Crippen LogP contribution in [0, 0.1) is 5.82 Å². The van der Waals surface area contributed by atoms with Crippen LogP contribution in [0.1, 0.15) is 38.8 Å². The van der Waals surface area contributed by atoms with Gasteiger partial charge < -0.3 is 14.8 Å². The van der Waals surface area contributed by atoms with E-state index < -0.39 is 0 Å². The molecule has 1 rings (SSSR count). The Hall–Kier alpha value is -1.13. The van der Waals surface area contributed by atoms with Crippen LogP contribution in [0.5, 0.6) is 5.75 Å². The molecule has 2 unspecified atom stereocenters. The van der Waals surface area contributed by atoms with Crippen LogP contribution in [0.4, 0.5) is 4.39 Å². The number of likely N-dealkylation sites (N-methyl/N-ethyl adjacent to an activating group) is 1. The number of nitrogens with one attached hydrogen (secondary N) is 1. The molecule has 2 atom stereocenters. The van der Waals surface area contributed by atoms with Crippen molar-refractivity contribution in [2.24, 2.45) is 0 Å². The molecule has 108 valence electrons. The van der Waals surface area contributed by atoms with Gasteiger partial charge in [-0.15, -0.1) is 0 Å². The summed E-state index contributed by atoms with van der Waals surface area (Å²) >= 11 is 0. The number of hydrogen-bond acceptors (Lipinski definition) is 3. The van der Waals surface area contributed by atoms with Crippen molar-refractivity contribution in [1.29, 1.82) is 0 Å². The van der Waals surface area contributed by atoms with Gasteiger partial charge in [-0.05, 0) is 26.0 Å². The SMILES string of the molecule is CCNC(c1cccc(OC)c1F)C(CC)OCC. The van der Waals surface area contributed by atoms with Crippen LogP contribution in [0.2, 0.25) is 0 Å². The molecule has 0 aliphatic heterocycles. The zero-order valence-electron chi connectivity index (χ0n) is 12.2. The van der Waals surface area contributed by atoms with Crippen LogP contribution in [-0.2, 0) is 4.74 Å². The van der Waals surface area contributed by atoms with Crippen molar-refractivity contribution >= 4 is 0 Å². The molecular weight excluding hydrogens is 245 g/mol. The molecule has 1 aromatic rings. The third-order valence-corrected chi connectivity index (χ3v) is 3.13. The first-order valence-electron chi connectivity index (χ1n) is 6.86. The maximum Gasteiger partial charge on any atom is 0.169 e. The number of benzene rings is 1. The molecule has 4 heteroatoms. The predicted molar refractivity (Wildman–Crippen MR) is 75.1 cm³/mol. The zero-order valence-corrected chi connectivity index (χ0v) is 12.2. The zero-order chi connectivity index (χ0) is 14.3. The van der Waals surface area contributed by atoms with Crippen molar-refractivity contribution in [2.75, 3.05) is 20.3 Å². The van der Waals surface area contributed by atoms with Crippen molar-refractivity contribution in [3.63, 3.8) is 0 Å². The van der Waals surface area contributed by atoms with E-state index in [9.17, 15) is 4.39 Å². The van der Waals surface area contributed by atoms with Gasteiger partial charge in [0.25, 0.3) is 0 Å². The molecule has 0 saturated heterocycles. The van der Waals surface area contributed by atoms with E-state index in [0.717, 1.165) is 13.0 Å². The molecule has 0 heterocycles. The van der Waals surface area contributed by atoms with Crippen LogP contribution in [0.3, 0.4) is 0 Å². The topological polar surface area (TPSA) is 30.5 Å². The summed E-state index contributed by atoms with van der Waals surface area (Å²) in [5.41, 5.74) is 0.599. The Morgan fingerprint density at radius 3 is 2.53 bits per heavy atom. The Morgan fingerprint density at radius 2 is 2.00 bits per heavy atom. The van der Waals surface area contributed by atoms with Crippen molar-refractivity contribution in [3.05, 3.63) is 29.6 Å². The van der Waals surface area contributed by atoms with Gasteiger partial charge >= 0.3 is 0 Å². The molecule has 0 bridgehead atoms. The Labute approximate surface area is 115 Å². The first kappa shape index (κ1) is 15.9. The lowest BCUT2D eigenvalue weighted by molar-refractivity contribution is 0.0308. The van der Waals surface area contributed by atoms with Crippen molar-refractivity contribution < 1.29 is 13.9 Å². The van der Waals surface area contributed by atoms with Crippen LogP contribution >= 0.6 is 0 Å². The third kappa shape index (κ3) is 3.91. The minimum atomic E-state index is -0.311. The molecule has 0 aliphatic rings. The molecule has 0 radical (unpaired) electrons. The fraction of sp³-hybridized carbons (Fsp3) is 0.600. The van der Waals surface area contributed by atoms with E-state index in [0.29, 0.717) is 12.2 Å². The third-order valence-electron chi connectivity index (χ3n) is 3.13. The highest BCUT2D eigenvalue weighted by Gasteiger charge is 2.25. The van der Waals surface area contributed by atoms with Crippen LogP contribution < -0.4 is 10.1 Å². The van der Waals surface area contributed by atoms with Crippen LogP contribution in [0.15, 0.2) is 18.2 Å². The van der Waals surface area contributed by atoms with Gasteiger partial charge in [0.2, 0.25) is 0 Å². The van der Waals surface area contributed by atoms with Crippen molar-refractivity contribution in [2.45, 2.75) is 39.3 Å². The standard InChI is InChI=1S/C15H24FNO2/c1-5-12(19-7-3)15(17-6-2)11-9-8-10-13(18-4)14(11)16/h8-10,12,15,17H,5-7H2,1-4H3. The van der Waals surface area contributed by atoms with Crippen LogP contribution in [-0.4, -0.2) is 26.4 Å². The average molecular weight is 269 g/mol. The lowest BCUT2D eigenvalue weighted by Crippen LogP contribution is -2.34. The molecule has 0 spiro atoms. The van der Waals surface area contributed by atoms with E-state index in [1.807, 2.05) is 20.8 Å². The summed E-state index contributed by atoms with van der Waals surface area (Å²) in [6, 6.07) is 5.06. The summed E-state index contributed by atoms with van der Waals surface area (Å²) in [5.74, 6) is -0.0409. The first-order chi connectivity index (χ1) is 9.19. The van der Waals surface area contributed by atoms with E-state index in [2.05, 4.69) is 5.32 Å². The van der Waals surface area contributed by atoms with E-state index in [1.54, 1.807) is 18.2 Å². The number of hydrogen-bond donors (Lipinski definition) is 1. The number of halogens is 1. The fourth-order valence-corrected chi connectivity index (χ4v) is 2.25. The fourth-order valence-electron chi connectivity index (χ4n) is 2.25. The minimum Gasteiger partial charge on any atom is -0.494 e. The normalized spacial score (nSPS) is 14.2. The van der Waals surface area contributed by atoms with E-state index in [1.165, 1.54) is 7.11 Å². The second-order valence-electron chi connectivity index (χ2n) is 4.30. The second-order valence-corrected chi connectivity index (χ2v) is 4.30. The molecule has 0 aromatic heterocycles. The molecule has 3 nitrogen and oxygen atoms in total. The van der Waals surface area contributed by atoms with Gasteiger partial charge in [-0.3, -0.25) is 0 Å².